The van der Waals surface area contributed by atoms with Gasteiger partial charge < -0.3 is 10.2 Å². The minimum absolute atomic E-state index is 0.212. The quantitative estimate of drug-likeness (QED) is 0.906. The van der Waals surface area contributed by atoms with E-state index in [1.54, 1.807) is 12.3 Å². The first kappa shape index (κ1) is 12.6. The summed E-state index contributed by atoms with van der Waals surface area (Å²) in [5.74, 6) is -0.212. The van der Waals surface area contributed by atoms with E-state index in [9.17, 15) is 4.79 Å². The Morgan fingerprint density at radius 2 is 2.25 bits per heavy atom. The number of carbonyl (C=O) groups excluding carboxylic acids is 1. The molecule has 102 valence electrons. The summed E-state index contributed by atoms with van der Waals surface area (Å²) < 4.78 is 0. The number of aryl methyl sites for hydroxylation is 1. The average molecular weight is 268 g/mol. The van der Waals surface area contributed by atoms with Crippen LogP contribution >= 0.6 is 0 Å². The Morgan fingerprint density at radius 1 is 1.35 bits per heavy atom. The Balaban J connectivity index is 1.80. The molecule has 1 aliphatic rings. The van der Waals surface area contributed by atoms with Gasteiger partial charge in [0.2, 0.25) is 0 Å². The van der Waals surface area contributed by atoms with Gasteiger partial charge in [0.15, 0.2) is 0 Å². The first-order valence-corrected chi connectivity index (χ1v) is 6.65. The van der Waals surface area contributed by atoms with Crippen LogP contribution in [0.2, 0.25) is 0 Å². The predicted molar refractivity (Wildman–Crippen MR) is 78.0 cm³/mol. The third kappa shape index (κ3) is 2.47. The summed E-state index contributed by atoms with van der Waals surface area (Å²) in [5.41, 5.74) is 3.70. The highest BCUT2D eigenvalue weighted by Gasteiger charge is 2.14. The van der Waals surface area contributed by atoms with Crippen LogP contribution in [0.3, 0.4) is 0 Å². The number of fused-ring (bicyclic) bond motifs is 1. The molecule has 0 unspecified atom stereocenters. The van der Waals surface area contributed by atoms with E-state index in [1.807, 2.05) is 12.1 Å². The summed E-state index contributed by atoms with van der Waals surface area (Å²) in [4.78, 5) is 22.0. The maximum Gasteiger partial charge on any atom is 0.274 e. The molecule has 0 aliphatic carbocycles. The summed E-state index contributed by atoms with van der Waals surface area (Å²) in [5, 5.41) is 2.88. The minimum Gasteiger partial charge on any atom is -0.374 e. The normalized spacial score (nSPS) is 13.8. The molecule has 0 saturated carbocycles. The van der Waals surface area contributed by atoms with Gasteiger partial charge in [0.05, 0.1) is 0 Å². The fourth-order valence-electron chi connectivity index (χ4n) is 2.48. The number of benzene rings is 1. The maximum absolute atomic E-state index is 12.0. The molecule has 1 aromatic carbocycles. The van der Waals surface area contributed by atoms with Gasteiger partial charge >= 0.3 is 0 Å². The van der Waals surface area contributed by atoms with Gasteiger partial charge in [-0.2, -0.15) is 0 Å². The lowest BCUT2D eigenvalue weighted by Crippen LogP contribution is -2.24. The van der Waals surface area contributed by atoms with Crippen LogP contribution in [0.5, 0.6) is 0 Å². The third-order valence-electron chi connectivity index (χ3n) is 3.50. The van der Waals surface area contributed by atoms with Crippen molar-refractivity contribution in [3.63, 3.8) is 0 Å². The highest BCUT2D eigenvalue weighted by Crippen LogP contribution is 2.28. The van der Waals surface area contributed by atoms with Crippen LogP contribution in [0, 0.1) is 0 Å². The largest absolute Gasteiger partial charge is 0.374 e. The van der Waals surface area contributed by atoms with Gasteiger partial charge in [-0.05, 0) is 42.7 Å². The summed E-state index contributed by atoms with van der Waals surface area (Å²) >= 11 is 0. The number of anilines is 2. The van der Waals surface area contributed by atoms with E-state index < -0.39 is 0 Å². The van der Waals surface area contributed by atoms with Gasteiger partial charge in [-0.3, -0.25) is 4.79 Å². The molecule has 1 aromatic heterocycles. The van der Waals surface area contributed by atoms with Crippen molar-refractivity contribution in [3.05, 3.63) is 48.0 Å². The van der Waals surface area contributed by atoms with Crippen molar-refractivity contribution in [1.29, 1.82) is 0 Å². The van der Waals surface area contributed by atoms with Crippen molar-refractivity contribution in [3.8, 4) is 0 Å². The molecule has 5 nitrogen and oxygen atoms in total. The van der Waals surface area contributed by atoms with E-state index in [0.29, 0.717) is 5.69 Å². The number of hydrogen-bond donors (Lipinski definition) is 1. The zero-order chi connectivity index (χ0) is 13.9. The first-order valence-electron chi connectivity index (χ1n) is 6.65. The van der Waals surface area contributed by atoms with Crippen LogP contribution in [0.4, 0.5) is 11.4 Å². The highest BCUT2D eigenvalue weighted by molar-refractivity contribution is 6.02. The first-order chi connectivity index (χ1) is 9.74. The van der Waals surface area contributed by atoms with Crippen molar-refractivity contribution >= 4 is 17.3 Å². The molecule has 0 spiro atoms. The fourth-order valence-corrected chi connectivity index (χ4v) is 2.48. The maximum atomic E-state index is 12.0. The molecule has 0 atom stereocenters. The highest BCUT2D eigenvalue weighted by atomic mass is 16.1. The Morgan fingerprint density at radius 3 is 3.05 bits per heavy atom. The minimum atomic E-state index is -0.212. The number of nitrogens with zero attached hydrogens (tertiary/aromatic N) is 3. The molecular weight excluding hydrogens is 252 g/mol. The van der Waals surface area contributed by atoms with Crippen molar-refractivity contribution in [1.82, 2.24) is 9.97 Å². The van der Waals surface area contributed by atoms with E-state index >= 15 is 0 Å². The summed E-state index contributed by atoms with van der Waals surface area (Å²) in [6, 6.07) is 7.63. The topological polar surface area (TPSA) is 58.1 Å². The third-order valence-corrected chi connectivity index (χ3v) is 3.50. The lowest BCUT2D eigenvalue weighted by atomic mass is 10.0. The smallest absolute Gasteiger partial charge is 0.274 e. The van der Waals surface area contributed by atoms with Crippen LogP contribution in [0.15, 0.2) is 36.8 Å². The molecule has 2 aromatic rings. The van der Waals surface area contributed by atoms with Crippen molar-refractivity contribution in [2.75, 3.05) is 23.8 Å². The molecule has 0 fully saturated rings. The summed E-state index contributed by atoms with van der Waals surface area (Å²) in [6.45, 7) is 1.08. The molecular formula is C15H16N4O. The van der Waals surface area contributed by atoms with Gasteiger partial charge in [-0.25, -0.2) is 9.97 Å². The Kier molecular flexibility index (Phi) is 3.33. The number of rotatable bonds is 2. The number of aromatic nitrogens is 2. The Hall–Kier alpha value is -2.43. The van der Waals surface area contributed by atoms with E-state index in [1.165, 1.54) is 17.6 Å². The zero-order valence-electron chi connectivity index (χ0n) is 11.3. The van der Waals surface area contributed by atoms with Crippen molar-refractivity contribution in [2.45, 2.75) is 12.8 Å². The van der Waals surface area contributed by atoms with E-state index in [0.717, 1.165) is 25.1 Å². The zero-order valence-corrected chi connectivity index (χ0v) is 11.3. The molecule has 0 radical (unpaired) electrons. The van der Waals surface area contributed by atoms with Gasteiger partial charge in [0.25, 0.3) is 5.91 Å². The number of nitrogens with one attached hydrogen (secondary N) is 1. The lowest BCUT2D eigenvalue weighted by Gasteiger charge is -2.27. The standard InChI is InChI=1S/C15H16N4O/c1-19-8-2-3-11-9-12(4-5-14(11)19)18-15(20)13-6-7-16-10-17-13/h4-7,9-10H,2-3,8H2,1H3,(H,18,20). The van der Waals surface area contributed by atoms with Crippen LogP contribution in [0.25, 0.3) is 0 Å². The second-order valence-corrected chi connectivity index (χ2v) is 4.92. The monoisotopic (exact) mass is 268 g/mol. The van der Waals surface area contributed by atoms with Crippen LogP contribution < -0.4 is 10.2 Å². The van der Waals surface area contributed by atoms with Gasteiger partial charge in [0, 0.05) is 31.2 Å². The molecule has 1 N–H and O–H groups in total. The molecule has 2 heterocycles. The molecule has 20 heavy (non-hydrogen) atoms. The molecule has 1 amide bonds. The van der Waals surface area contributed by atoms with Gasteiger partial charge in [-0.1, -0.05) is 0 Å². The average Bonchev–Trinajstić information content (AvgIpc) is 2.48. The second kappa shape index (κ2) is 5.28. The van der Waals surface area contributed by atoms with E-state index in [4.69, 9.17) is 0 Å². The Labute approximate surface area is 117 Å². The molecule has 5 heteroatoms. The second-order valence-electron chi connectivity index (χ2n) is 4.92. The lowest BCUT2D eigenvalue weighted by molar-refractivity contribution is 0.102. The SMILES string of the molecule is CN1CCCc2cc(NC(=O)c3ccncn3)ccc21. The predicted octanol–water partition coefficient (Wildman–Crippen LogP) is 2.11. The number of carbonyl (C=O) groups is 1. The van der Waals surface area contributed by atoms with Crippen LogP contribution in [0.1, 0.15) is 22.5 Å². The number of amides is 1. The van der Waals surface area contributed by atoms with E-state index in [-0.39, 0.29) is 5.91 Å². The molecule has 0 bridgehead atoms. The van der Waals surface area contributed by atoms with Crippen molar-refractivity contribution < 1.29 is 4.79 Å². The molecule has 0 saturated heterocycles. The van der Waals surface area contributed by atoms with Crippen LogP contribution in [-0.4, -0.2) is 29.5 Å². The van der Waals surface area contributed by atoms with Crippen LogP contribution in [-0.2, 0) is 6.42 Å². The van der Waals surface area contributed by atoms with Gasteiger partial charge in [0.1, 0.15) is 12.0 Å². The molecule has 3 rings (SSSR count). The van der Waals surface area contributed by atoms with Gasteiger partial charge in [-0.15, -0.1) is 0 Å². The number of hydrogen-bond acceptors (Lipinski definition) is 4. The molecule has 1 aliphatic heterocycles. The summed E-state index contributed by atoms with van der Waals surface area (Å²) in [7, 11) is 2.09. The van der Waals surface area contributed by atoms with Crippen molar-refractivity contribution in [2.24, 2.45) is 0 Å². The van der Waals surface area contributed by atoms with E-state index in [2.05, 4.69) is 33.3 Å². The fraction of sp³-hybridized carbons (Fsp3) is 0.267. The summed E-state index contributed by atoms with van der Waals surface area (Å²) in [6.07, 6.45) is 5.13. The Bertz CT molecular complexity index is 627.